The predicted molar refractivity (Wildman–Crippen MR) is 72.5 cm³/mol. The van der Waals surface area contributed by atoms with Gasteiger partial charge in [-0.05, 0) is 20.8 Å². The van der Waals surface area contributed by atoms with Crippen LogP contribution < -0.4 is 4.74 Å². The molecule has 1 aliphatic rings. The third-order valence-corrected chi connectivity index (χ3v) is 4.30. The highest BCUT2D eigenvalue weighted by Gasteiger charge is 2.53. The number of carbonyl (C=O) groups excluding carboxylic acids is 1. The molecular formula is C14H17NO5. The fourth-order valence-electron chi connectivity index (χ4n) is 2.41. The summed E-state index contributed by atoms with van der Waals surface area (Å²) in [4.78, 5) is 22.2. The Bertz CT molecular complexity index is 631. The summed E-state index contributed by atoms with van der Waals surface area (Å²) in [5.74, 6) is -0.602. The molecule has 0 amide bonds. The minimum absolute atomic E-state index is 0.0486. The van der Waals surface area contributed by atoms with Crippen LogP contribution in [0.15, 0.2) is 6.07 Å². The zero-order chi connectivity index (χ0) is 15.5. The van der Waals surface area contributed by atoms with Gasteiger partial charge in [0.2, 0.25) is 5.75 Å². The topological polar surface area (TPSA) is 89.7 Å². The highest BCUT2D eigenvalue weighted by Crippen LogP contribution is 2.56. The second-order valence-corrected chi connectivity index (χ2v) is 6.05. The van der Waals surface area contributed by atoms with E-state index in [9.17, 15) is 20.0 Å². The smallest absolute Gasteiger partial charge is 0.312 e. The number of nitro groups is 1. The molecule has 6 nitrogen and oxygen atoms in total. The van der Waals surface area contributed by atoms with E-state index in [1.54, 1.807) is 13.8 Å². The molecule has 0 bridgehead atoms. The molecule has 0 fully saturated rings. The average molecular weight is 279 g/mol. The molecule has 1 N–H and O–H groups in total. The maximum atomic E-state index is 11.6. The fraction of sp³-hybridized carbons (Fsp3) is 0.500. The maximum Gasteiger partial charge on any atom is 0.312 e. The molecule has 0 saturated heterocycles. The van der Waals surface area contributed by atoms with Crippen molar-refractivity contribution >= 4 is 11.5 Å². The molecule has 0 aromatic heterocycles. The van der Waals surface area contributed by atoms with Crippen LogP contribution in [0, 0.1) is 10.1 Å². The Morgan fingerprint density at radius 1 is 1.35 bits per heavy atom. The first-order chi connectivity index (χ1) is 9.00. The van der Waals surface area contributed by atoms with Crippen molar-refractivity contribution in [3.05, 3.63) is 27.3 Å². The van der Waals surface area contributed by atoms with Crippen molar-refractivity contribution in [1.82, 2.24) is 0 Å². The van der Waals surface area contributed by atoms with Crippen LogP contribution in [0.1, 0.15) is 50.5 Å². The van der Waals surface area contributed by atoms with E-state index >= 15 is 0 Å². The Balaban J connectivity index is 2.89. The molecule has 2 rings (SSSR count). The standard InChI is InChI=1S/C14H17NO5/c1-7(16)8-6-9(15(18)19)12-10(11(8)17)13(2,3)14(4,5)20-12/h6,17H,1-5H3. The number of nitro benzene ring substituents is 1. The molecule has 0 radical (unpaired) electrons. The summed E-state index contributed by atoms with van der Waals surface area (Å²) >= 11 is 0. The van der Waals surface area contributed by atoms with E-state index in [0.717, 1.165) is 6.07 Å². The molecule has 1 aromatic rings. The Morgan fingerprint density at radius 2 is 1.90 bits per heavy atom. The van der Waals surface area contributed by atoms with Gasteiger partial charge in [-0.15, -0.1) is 0 Å². The van der Waals surface area contributed by atoms with Gasteiger partial charge in [0, 0.05) is 11.5 Å². The summed E-state index contributed by atoms with van der Waals surface area (Å²) < 4.78 is 5.70. The number of ketones is 1. The van der Waals surface area contributed by atoms with Gasteiger partial charge in [-0.3, -0.25) is 14.9 Å². The SMILES string of the molecule is CC(=O)c1cc([N+](=O)[O-])c2c(c1O)C(C)(C)C(C)(C)O2. The number of phenols is 1. The predicted octanol–water partition coefficient (Wildman–Crippen LogP) is 2.95. The normalized spacial score (nSPS) is 18.2. The van der Waals surface area contributed by atoms with Crippen molar-refractivity contribution in [3.8, 4) is 11.5 Å². The van der Waals surface area contributed by atoms with Crippen LogP contribution >= 0.6 is 0 Å². The highest BCUT2D eigenvalue weighted by atomic mass is 16.6. The summed E-state index contributed by atoms with van der Waals surface area (Å²) in [6.45, 7) is 8.50. The van der Waals surface area contributed by atoms with E-state index in [2.05, 4.69) is 0 Å². The van der Waals surface area contributed by atoms with Gasteiger partial charge in [-0.25, -0.2) is 0 Å². The quantitative estimate of drug-likeness (QED) is 0.510. The van der Waals surface area contributed by atoms with Crippen molar-refractivity contribution in [1.29, 1.82) is 0 Å². The Kier molecular flexibility index (Phi) is 2.82. The number of hydrogen-bond donors (Lipinski definition) is 1. The lowest BCUT2D eigenvalue weighted by Crippen LogP contribution is -2.42. The first-order valence-corrected chi connectivity index (χ1v) is 6.25. The van der Waals surface area contributed by atoms with Gasteiger partial charge in [0.1, 0.15) is 11.4 Å². The Labute approximate surface area is 116 Å². The van der Waals surface area contributed by atoms with Crippen molar-refractivity contribution in [3.63, 3.8) is 0 Å². The van der Waals surface area contributed by atoms with Crippen LogP contribution in [0.25, 0.3) is 0 Å². The number of aromatic hydroxyl groups is 1. The van der Waals surface area contributed by atoms with E-state index < -0.39 is 21.7 Å². The van der Waals surface area contributed by atoms with Gasteiger partial charge < -0.3 is 9.84 Å². The van der Waals surface area contributed by atoms with Gasteiger partial charge in [-0.1, -0.05) is 13.8 Å². The molecule has 20 heavy (non-hydrogen) atoms. The van der Waals surface area contributed by atoms with Crippen LogP contribution in [0.2, 0.25) is 0 Å². The number of fused-ring (bicyclic) bond motifs is 1. The van der Waals surface area contributed by atoms with Crippen molar-refractivity contribution in [2.75, 3.05) is 0 Å². The molecule has 0 unspecified atom stereocenters. The molecule has 0 saturated carbocycles. The summed E-state index contributed by atoms with van der Waals surface area (Å²) in [5, 5.41) is 21.5. The molecular weight excluding hydrogens is 262 g/mol. The summed E-state index contributed by atoms with van der Waals surface area (Å²) in [7, 11) is 0. The molecule has 0 aliphatic carbocycles. The number of hydrogen-bond acceptors (Lipinski definition) is 5. The highest BCUT2D eigenvalue weighted by molar-refractivity contribution is 5.99. The van der Waals surface area contributed by atoms with Gasteiger partial charge in [0.15, 0.2) is 5.78 Å². The average Bonchev–Trinajstić information content (AvgIpc) is 2.44. The molecule has 0 spiro atoms. The van der Waals surface area contributed by atoms with Crippen LogP contribution in [-0.2, 0) is 5.41 Å². The van der Waals surface area contributed by atoms with E-state index in [1.165, 1.54) is 6.92 Å². The Hall–Kier alpha value is -2.11. The maximum absolute atomic E-state index is 11.6. The monoisotopic (exact) mass is 279 g/mol. The summed E-state index contributed by atoms with van der Waals surface area (Å²) in [5.41, 5.74) is -1.41. The van der Waals surface area contributed by atoms with Gasteiger partial charge in [-0.2, -0.15) is 0 Å². The summed E-state index contributed by atoms with van der Waals surface area (Å²) in [6.07, 6.45) is 0. The lowest BCUT2D eigenvalue weighted by molar-refractivity contribution is -0.386. The van der Waals surface area contributed by atoms with Crippen LogP contribution in [0.3, 0.4) is 0 Å². The molecule has 108 valence electrons. The minimum Gasteiger partial charge on any atom is -0.507 e. The van der Waals surface area contributed by atoms with E-state index in [4.69, 9.17) is 4.74 Å². The largest absolute Gasteiger partial charge is 0.507 e. The number of rotatable bonds is 2. The van der Waals surface area contributed by atoms with Crippen LogP contribution in [0.4, 0.5) is 5.69 Å². The molecule has 6 heteroatoms. The molecule has 0 atom stereocenters. The molecule has 1 aliphatic heterocycles. The lowest BCUT2D eigenvalue weighted by Gasteiger charge is -2.33. The van der Waals surface area contributed by atoms with Crippen LogP contribution in [0.5, 0.6) is 11.5 Å². The minimum atomic E-state index is -0.729. The fourth-order valence-corrected chi connectivity index (χ4v) is 2.41. The zero-order valence-corrected chi connectivity index (χ0v) is 12.1. The van der Waals surface area contributed by atoms with E-state index in [-0.39, 0.29) is 22.7 Å². The third-order valence-electron chi connectivity index (χ3n) is 4.30. The van der Waals surface area contributed by atoms with Crippen molar-refractivity contribution in [2.45, 2.75) is 45.6 Å². The first kappa shape index (κ1) is 14.3. The second-order valence-electron chi connectivity index (χ2n) is 6.05. The zero-order valence-electron chi connectivity index (χ0n) is 12.1. The number of benzene rings is 1. The third kappa shape index (κ3) is 1.67. The number of nitrogens with zero attached hydrogens (tertiary/aromatic N) is 1. The second kappa shape index (κ2) is 3.94. The molecule has 1 heterocycles. The van der Waals surface area contributed by atoms with Gasteiger partial charge in [0.05, 0.1) is 16.1 Å². The number of phenolic OH excluding ortho intramolecular Hbond substituents is 1. The van der Waals surface area contributed by atoms with Crippen LogP contribution in [-0.4, -0.2) is 21.4 Å². The van der Waals surface area contributed by atoms with E-state index in [0.29, 0.717) is 5.56 Å². The lowest BCUT2D eigenvalue weighted by atomic mass is 9.73. The van der Waals surface area contributed by atoms with E-state index in [1.807, 2.05) is 13.8 Å². The Morgan fingerprint density at radius 3 is 2.35 bits per heavy atom. The summed E-state index contributed by atoms with van der Waals surface area (Å²) in [6, 6.07) is 1.08. The van der Waals surface area contributed by atoms with Crippen molar-refractivity contribution in [2.24, 2.45) is 0 Å². The van der Waals surface area contributed by atoms with Crippen molar-refractivity contribution < 1.29 is 19.6 Å². The molecule has 1 aromatic carbocycles. The van der Waals surface area contributed by atoms with Gasteiger partial charge in [0.25, 0.3) is 0 Å². The number of carbonyl (C=O) groups is 1. The van der Waals surface area contributed by atoms with Gasteiger partial charge >= 0.3 is 5.69 Å². The number of Topliss-reactive ketones (excluding diaryl/α,β-unsaturated/α-hetero) is 1. The number of ether oxygens (including phenoxy) is 1. The first-order valence-electron chi connectivity index (χ1n) is 6.25.